The SMILES string of the molecule is NC1CCOCC1Oc1ccc(Cc2ccccc2)cc1. The monoisotopic (exact) mass is 283 g/mol. The van der Waals surface area contributed by atoms with Crippen molar-refractivity contribution in [1.82, 2.24) is 0 Å². The molecule has 0 spiro atoms. The Morgan fingerprint density at radius 3 is 2.43 bits per heavy atom. The molecule has 3 rings (SSSR count). The van der Waals surface area contributed by atoms with E-state index in [2.05, 4.69) is 36.4 Å². The van der Waals surface area contributed by atoms with E-state index in [1.165, 1.54) is 11.1 Å². The van der Waals surface area contributed by atoms with Gasteiger partial charge in [-0.25, -0.2) is 0 Å². The molecule has 21 heavy (non-hydrogen) atoms. The van der Waals surface area contributed by atoms with Gasteiger partial charge in [0.1, 0.15) is 11.9 Å². The van der Waals surface area contributed by atoms with Crippen molar-refractivity contribution >= 4 is 0 Å². The summed E-state index contributed by atoms with van der Waals surface area (Å²) in [5, 5.41) is 0. The Labute approximate surface area is 125 Å². The first kappa shape index (κ1) is 14.1. The maximum absolute atomic E-state index is 6.05. The van der Waals surface area contributed by atoms with Gasteiger partial charge in [0.15, 0.2) is 0 Å². The summed E-state index contributed by atoms with van der Waals surface area (Å²) >= 11 is 0. The van der Waals surface area contributed by atoms with Crippen LogP contribution in [0.15, 0.2) is 54.6 Å². The summed E-state index contributed by atoms with van der Waals surface area (Å²) in [7, 11) is 0. The van der Waals surface area contributed by atoms with Gasteiger partial charge in [0.05, 0.1) is 6.61 Å². The van der Waals surface area contributed by atoms with Crippen molar-refractivity contribution in [2.75, 3.05) is 13.2 Å². The number of benzene rings is 2. The third kappa shape index (κ3) is 3.84. The molecule has 2 atom stereocenters. The van der Waals surface area contributed by atoms with E-state index in [1.807, 2.05) is 18.2 Å². The lowest BCUT2D eigenvalue weighted by atomic mass is 10.0. The van der Waals surface area contributed by atoms with Crippen LogP contribution in [0.4, 0.5) is 0 Å². The minimum absolute atomic E-state index is 0.0428. The zero-order chi connectivity index (χ0) is 14.5. The van der Waals surface area contributed by atoms with Gasteiger partial charge < -0.3 is 15.2 Å². The van der Waals surface area contributed by atoms with Crippen molar-refractivity contribution in [1.29, 1.82) is 0 Å². The third-order valence-corrected chi connectivity index (χ3v) is 3.82. The molecule has 3 nitrogen and oxygen atoms in total. The molecule has 3 heteroatoms. The summed E-state index contributed by atoms with van der Waals surface area (Å²) in [6.45, 7) is 1.31. The van der Waals surface area contributed by atoms with Crippen LogP contribution in [0, 0.1) is 0 Å². The van der Waals surface area contributed by atoms with Crippen LogP contribution in [0.3, 0.4) is 0 Å². The molecule has 1 saturated heterocycles. The number of nitrogens with two attached hydrogens (primary N) is 1. The molecule has 2 unspecified atom stereocenters. The van der Waals surface area contributed by atoms with E-state index in [9.17, 15) is 0 Å². The fourth-order valence-electron chi connectivity index (χ4n) is 2.54. The standard InChI is InChI=1S/C18H21NO2/c19-17-10-11-20-13-18(17)21-16-8-6-15(7-9-16)12-14-4-2-1-3-5-14/h1-9,17-18H,10-13,19H2. The summed E-state index contributed by atoms with van der Waals surface area (Å²) in [6, 6.07) is 18.8. The quantitative estimate of drug-likeness (QED) is 0.938. The van der Waals surface area contributed by atoms with Crippen molar-refractivity contribution in [3.63, 3.8) is 0 Å². The molecule has 1 fully saturated rings. The smallest absolute Gasteiger partial charge is 0.137 e. The van der Waals surface area contributed by atoms with Gasteiger partial charge in [-0.3, -0.25) is 0 Å². The Morgan fingerprint density at radius 2 is 1.71 bits per heavy atom. The van der Waals surface area contributed by atoms with E-state index < -0.39 is 0 Å². The first-order valence-corrected chi connectivity index (χ1v) is 7.44. The minimum Gasteiger partial charge on any atom is -0.486 e. The molecular weight excluding hydrogens is 262 g/mol. The maximum atomic E-state index is 6.05. The summed E-state index contributed by atoms with van der Waals surface area (Å²) < 4.78 is 11.3. The summed E-state index contributed by atoms with van der Waals surface area (Å²) in [5.74, 6) is 0.859. The van der Waals surface area contributed by atoms with Crippen LogP contribution in [0.2, 0.25) is 0 Å². The highest BCUT2D eigenvalue weighted by atomic mass is 16.5. The van der Waals surface area contributed by atoms with Crippen molar-refractivity contribution in [2.45, 2.75) is 25.0 Å². The highest BCUT2D eigenvalue weighted by Gasteiger charge is 2.23. The van der Waals surface area contributed by atoms with Gasteiger partial charge in [0.2, 0.25) is 0 Å². The lowest BCUT2D eigenvalue weighted by Crippen LogP contribution is -2.46. The minimum atomic E-state index is -0.0428. The summed E-state index contributed by atoms with van der Waals surface area (Å²) in [6.07, 6.45) is 1.75. The zero-order valence-corrected chi connectivity index (χ0v) is 12.1. The van der Waals surface area contributed by atoms with E-state index in [4.69, 9.17) is 15.2 Å². The second-order valence-corrected chi connectivity index (χ2v) is 5.49. The van der Waals surface area contributed by atoms with Crippen LogP contribution in [0.5, 0.6) is 5.75 Å². The fourth-order valence-corrected chi connectivity index (χ4v) is 2.54. The van der Waals surface area contributed by atoms with Crippen LogP contribution in [0.1, 0.15) is 17.5 Å². The molecule has 2 aromatic rings. The van der Waals surface area contributed by atoms with Gasteiger partial charge in [-0.05, 0) is 36.1 Å². The first-order valence-electron chi connectivity index (χ1n) is 7.44. The number of ether oxygens (including phenoxy) is 2. The van der Waals surface area contributed by atoms with E-state index >= 15 is 0 Å². The van der Waals surface area contributed by atoms with Crippen LogP contribution < -0.4 is 10.5 Å². The Kier molecular flexibility index (Phi) is 4.53. The van der Waals surface area contributed by atoms with Gasteiger partial charge in [0.25, 0.3) is 0 Å². The van der Waals surface area contributed by atoms with Crippen molar-refractivity contribution in [3.05, 3.63) is 65.7 Å². The first-order chi connectivity index (χ1) is 10.3. The Bertz CT molecular complexity index is 553. The van der Waals surface area contributed by atoms with Crippen LogP contribution >= 0.6 is 0 Å². The fraction of sp³-hybridized carbons (Fsp3) is 0.333. The van der Waals surface area contributed by atoms with E-state index in [1.54, 1.807) is 0 Å². The Hall–Kier alpha value is -1.84. The van der Waals surface area contributed by atoms with Crippen molar-refractivity contribution < 1.29 is 9.47 Å². The average Bonchev–Trinajstić information content (AvgIpc) is 2.52. The second-order valence-electron chi connectivity index (χ2n) is 5.49. The molecule has 0 aromatic heterocycles. The molecule has 2 N–H and O–H groups in total. The molecule has 0 bridgehead atoms. The van der Waals surface area contributed by atoms with Gasteiger partial charge in [-0.15, -0.1) is 0 Å². The van der Waals surface area contributed by atoms with E-state index in [0.29, 0.717) is 6.61 Å². The van der Waals surface area contributed by atoms with Crippen LogP contribution in [-0.4, -0.2) is 25.4 Å². The Morgan fingerprint density at radius 1 is 1.00 bits per heavy atom. The molecule has 0 saturated carbocycles. The molecule has 0 radical (unpaired) electrons. The average molecular weight is 283 g/mol. The molecule has 1 aliphatic rings. The van der Waals surface area contributed by atoms with Crippen molar-refractivity contribution in [2.24, 2.45) is 5.73 Å². The number of hydrogen-bond donors (Lipinski definition) is 1. The predicted octanol–water partition coefficient (Wildman–Crippen LogP) is 2.77. The summed E-state index contributed by atoms with van der Waals surface area (Å²) in [4.78, 5) is 0. The third-order valence-electron chi connectivity index (χ3n) is 3.82. The highest BCUT2D eigenvalue weighted by molar-refractivity contribution is 5.31. The number of hydrogen-bond acceptors (Lipinski definition) is 3. The predicted molar refractivity (Wildman–Crippen MR) is 83.5 cm³/mol. The normalized spacial score (nSPS) is 22.0. The lowest BCUT2D eigenvalue weighted by Gasteiger charge is -2.29. The van der Waals surface area contributed by atoms with E-state index in [-0.39, 0.29) is 12.1 Å². The lowest BCUT2D eigenvalue weighted by molar-refractivity contribution is -0.00531. The van der Waals surface area contributed by atoms with Crippen molar-refractivity contribution in [3.8, 4) is 5.75 Å². The molecule has 1 heterocycles. The number of rotatable bonds is 4. The van der Waals surface area contributed by atoms with E-state index in [0.717, 1.165) is 25.2 Å². The maximum Gasteiger partial charge on any atom is 0.137 e. The zero-order valence-electron chi connectivity index (χ0n) is 12.1. The van der Waals surface area contributed by atoms with Gasteiger partial charge in [0, 0.05) is 12.6 Å². The van der Waals surface area contributed by atoms with Crippen LogP contribution in [0.25, 0.3) is 0 Å². The molecule has 110 valence electrons. The summed E-state index contributed by atoms with van der Waals surface area (Å²) in [5.41, 5.74) is 8.64. The van der Waals surface area contributed by atoms with Crippen LogP contribution in [-0.2, 0) is 11.2 Å². The molecule has 0 aliphatic carbocycles. The van der Waals surface area contributed by atoms with Gasteiger partial charge in [-0.1, -0.05) is 42.5 Å². The molecule has 1 aliphatic heterocycles. The second kappa shape index (κ2) is 6.74. The largest absolute Gasteiger partial charge is 0.486 e. The molecular formula is C18H21NO2. The molecule has 0 amide bonds. The highest BCUT2D eigenvalue weighted by Crippen LogP contribution is 2.19. The topological polar surface area (TPSA) is 44.5 Å². The Balaban J connectivity index is 1.61. The van der Waals surface area contributed by atoms with Gasteiger partial charge >= 0.3 is 0 Å². The van der Waals surface area contributed by atoms with Gasteiger partial charge in [-0.2, -0.15) is 0 Å². The molecule has 2 aromatic carbocycles.